The van der Waals surface area contributed by atoms with Crippen molar-refractivity contribution in [1.29, 1.82) is 0 Å². The number of para-hydroxylation sites is 1. The third-order valence-corrected chi connectivity index (χ3v) is 4.31. The molecule has 1 heterocycles. The molecule has 0 fully saturated rings. The smallest absolute Gasteiger partial charge is 0.277 e. The van der Waals surface area contributed by atoms with Crippen molar-refractivity contribution < 1.29 is 14.6 Å². The lowest BCUT2D eigenvalue weighted by Gasteiger charge is -2.14. The zero-order valence-electron chi connectivity index (χ0n) is 16.5. The van der Waals surface area contributed by atoms with Gasteiger partial charge < -0.3 is 5.32 Å². The minimum absolute atomic E-state index is 0.200. The van der Waals surface area contributed by atoms with Crippen LogP contribution < -0.4 is 5.32 Å². The van der Waals surface area contributed by atoms with Gasteiger partial charge in [0.1, 0.15) is 5.82 Å². The first-order valence-corrected chi connectivity index (χ1v) is 8.97. The first-order valence-electron chi connectivity index (χ1n) is 8.97. The van der Waals surface area contributed by atoms with Gasteiger partial charge in [-0.1, -0.05) is 39.0 Å². The van der Waals surface area contributed by atoms with E-state index in [1.807, 2.05) is 51.1 Å². The number of carbonyl (C=O) groups excluding carboxylic acids is 1. The normalized spacial score (nSPS) is 11.2. The number of amides is 1. The highest BCUT2D eigenvalue weighted by Gasteiger charge is 2.24. The lowest BCUT2D eigenvalue weighted by atomic mass is 9.92. The summed E-state index contributed by atoms with van der Waals surface area (Å²) in [7, 11) is 0. The Balaban J connectivity index is 2.04. The van der Waals surface area contributed by atoms with Crippen molar-refractivity contribution in [2.75, 3.05) is 5.32 Å². The molecular formula is C20H19N5O5. The molecule has 1 N–H and O–H groups in total. The van der Waals surface area contributed by atoms with Crippen LogP contribution in [0.15, 0.2) is 54.6 Å². The molecule has 0 spiro atoms. The maximum Gasteiger partial charge on any atom is 0.277 e. The molecule has 10 heteroatoms. The van der Waals surface area contributed by atoms with Crippen molar-refractivity contribution in [3.8, 4) is 5.69 Å². The van der Waals surface area contributed by atoms with E-state index in [2.05, 4.69) is 10.4 Å². The predicted molar refractivity (Wildman–Crippen MR) is 110 cm³/mol. The van der Waals surface area contributed by atoms with E-state index in [9.17, 15) is 25.0 Å². The monoisotopic (exact) mass is 409 g/mol. The Hall–Kier alpha value is -4.08. The Bertz CT molecular complexity index is 1100. The average Bonchev–Trinajstić information content (AvgIpc) is 3.12. The molecule has 30 heavy (non-hydrogen) atoms. The molecule has 3 aromatic rings. The second-order valence-electron chi connectivity index (χ2n) is 7.62. The van der Waals surface area contributed by atoms with Crippen molar-refractivity contribution in [3.63, 3.8) is 0 Å². The predicted octanol–water partition coefficient (Wildman–Crippen LogP) is 4.24. The van der Waals surface area contributed by atoms with Crippen LogP contribution in [0.4, 0.5) is 17.2 Å². The van der Waals surface area contributed by atoms with Gasteiger partial charge >= 0.3 is 0 Å². The zero-order chi connectivity index (χ0) is 22.1. The van der Waals surface area contributed by atoms with Crippen LogP contribution in [-0.4, -0.2) is 25.5 Å². The Kier molecular flexibility index (Phi) is 5.33. The summed E-state index contributed by atoms with van der Waals surface area (Å²) in [6, 6.07) is 13.6. The van der Waals surface area contributed by atoms with Gasteiger partial charge in [0.05, 0.1) is 32.9 Å². The third-order valence-electron chi connectivity index (χ3n) is 4.31. The number of non-ortho nitro benzene ring substituents is 2. The quantitative estimate of drug-likeness (QED) is 0.495. The number of hydrogen-bond donors (Lipinski definition) is 1. The number of rotatable bonds is 5. The fraction of sp³-hybridized carbons (Fsp3) is 0.200. The molecule has 10 nitrogen and oxygen atoms in total. The van der Waals surface area contributed by atoms with Crippen LogP contribution in [0, 0.1) is 20.2 Å². The molecule has 0 radical (unpaired) electrons. The first-order chi connectivity index (χ1) is 14.1. The van der Waals surface area contributed by atoms with E-state index in [1.54, 1.807) is 10.7 Å². The van der Waals surface area contributed by atoms with E-state index in [-0.39, 0.29) is 11.0 Å². The molecule has 0 aliphatic rings. The number of hydrogen-bond acceptors (Lipinski definition) is 6. The second kappa shape index (κ2) is 7.74. The summed E-state index contributed by atoms with van der Waals surface area (Å²) in [4.78, 5) is 33.4. The minimum atomic E-state index is -0.782. The highest BCUT2D eigenvalue weighted by atomic mass is 16.6. The van der Waals surface area contributed by atoms with Crippen LogP contribution in [0.3, 0.4) is 0 Å². The van der Waals surface area contributed by atoms with Crippen molar-refractivity contribution >= 4 is 23.1 Å². The number of benzene rings is 2. The number of nitro benzene ring substituents is 2. The lowest BCUT2D eigenvalue weighted by Crippen LogP contribution is -2.15. The third kappa shape index (κ3) is 4.32. The van der Waals surface area contributed by atoms with Crippen LogP contribution >= 0.6 is 0 Å². The highest BCUT2D eigenvalue weighted by Crippen LogP contribution is 2.28. The topological polar surface area (TPSA) is 133 Å². The number of nitrogens with zero attached hydrogens (tertiary/aromatic N) is 4. The van der Waals surface area contributed by atoms with E-state index in [4.69, 9.17) is 0 Å². The molecule has 0 bridgehead atoms. The SMILES string of the molecule is CC(C)(C)c1cc(NC(=O)c2cc([N+](=O)[O-])cc([N+](=O)[O-])c2)n(-c2ccccc2)n1. The van der Waals surface area contributed by atoms with Gasteiger partial charge in [-0.05, 0) is 12.1 Å². The number of carbonyl (C=O) groups is 1. The molecule has 0 atom stereocenters. The summed E-state index contributed by atoms with van der Waals surface area (Å²) in [5, 5.41) is 29.4. The standard InChI is InChI=1S/C20H19N5O5/c1-20(2,3)17-12-18(23(22-17)14-7-5-4-6-8-14)21-19(26)13-9-15(24(27)28)11-16(10-13)25(29)30/h4-12H,1-3H3,(H,21,26). The summed E-state index contributed by atoms with van der Waals surface area (Å²) in [6.45, 7) is 5.92. The first kappa shape index (κ1) is 20.6. The van der Waals surface area contributed by atoms with Crippen LogP contribution in [0.5, 0.6) is 0 Å². The minimum Gasteiger partial charge on any atom is -0.306 e. The van der Waals surface area contributed by atoms with Gasteiger partial charge in [-0.15, -0.1) is 0 Å². The van der Waals surface area contributed by atoms with Crippen molar-refractivity contribution in [3.05, 3.63) is 86.1 Å². The van der Waals surface area contributed by atoms with Crippen LogP contribution in [0.2, 0.25) is 0 Å². The van der Waals surface area contributed by atoms with Crippen molar-refractivity contribution in [1.82, 2.24) is 9.78 Å². The van der Waals surface area contributed by atoms with Gasteiger partial charge in [-0.3, -0.25) is 25.0 Å². The molecule has 2 aromatic carbocycles. The average molecular weight is 409 g/mol. The lowest BCUT2D eigenvalue weighted by molar-refractivity contribution is -0.394. The van der Waals surface area contributed by atoms with Crippen LogP contribution in [0.1, 0.15) is 36.8 Å². The Morgan fingerprint density at radius 2 is 1.53 bits per heavy atom. The number of aromatic nitrogens is 2. The van der Waals surface area contributed by atoms with Gasteiger partial charge in [-0.2, -0.15) is 5.10 Å². The molecular weight excluding hydrogens is 390 g/mol. The van der Waals surface area contributed by atoms with Gasteiger partial charge in [0, 0.05) is 23.6 Å². The highest BCUT2D eigenvalue weighted by molar-refractivity contribution is 6.04. The maximum absolute atomic E-state index is 12.8. The molecule has 0 unspecified atom stereocenters. The number of nitrogens with one attached hydrogen (secondary N) is 1. The Morgan fingerprint density at radius 1 is 0.967 bits per heavy atom. The molecule has 1 aromatic heterocycles. The Morgan fingerprint density at radius 3 is 2.03 bits per heavy atom. The van der Waals surface area contributed by atoms with Gasteiger partial charge in [0.25, 0.3) is 17.3 Å². The largest absolute Gasteiger partial charge is 0.306 e. The van der Waals surface area contributed by atoms with E-state index in [0.29, 0.717) is 17.2 Å². The summed E-state index contributed by atoms with van der Waals surface area (Å²) < 4.78 is 1.55. The van der Waals surface area contributed by atoms with E-state index in [1.165, 1.54) is 0 Å². The molecule has 0 aliphatic carbocycles. The summed E-state index contributed by atoms with van der Waals surface area (Å²) in [6.07, 6.45) is 0. The molecule has 154 valence electrons. The Labute approximate surface area is 171 Å². The molecule has 0 saturated carbocycles. The van der Waals surface area contributed by atoms with Gasteiger partial charge in [0.15, 0.2) is 0 Å². The summed E-state index contributed by atoms with van der Waals surface area (Å²) in [5.74, 6) is -0.385. The summed E-state index contributed by atoms with van der Waals surface area (Å²) >= 11 is 0. The zero-order valence-corrected chi connectivity index (χ0v) is 16.5. The number of nitro groups is 2. The second-order valence-corrected chi connectivity index (χ2v) is 7.62. The number of anilines is 1. The maximum atomic E-state index is 12.8. The fourth-order valence-electron chi connectivity index (χ4n) is 2.73. The van der Waals surface area contributed by atoms with Gasteiger partial charge in [0.2, 0.25) is 0 Å². The van der Waals surface area contributed by atoms with Crippen LogP contribution in [0.25, 0.3) is 5.69 Å². The molecule has 1 amide bonds. The van der Waals surface area contributed by atoms with E-state index < -0.39 is 27.1 Å². The fourth-order valence-corrected chi connectivity index (χ4v) is 2.73. The summed E-state index contributed by atoms with van der Waals surface area (Å²) in [5.41, 5.74) is -0.166. The van der Waals surface area contributed by atoms with Gasteiger partial charge in [-0.25, -0.2) is 4.68 Å². The van der Waals surface area contributed by atoms with E-state index in [0.717, 1.165) is 18.2 Å². The van der Waals surface area contributed by atoms with Crippen molar-refractivity contribution in [2.45, 2.75) is 26.2 Å². The molecule has 0 aliphatic heterocycles. The molecule has 3 rings (SSSR count). The van der Waals surface area contributed by atoms with Crippen LogP contribution in [-0.2, 0) is 5.41 Å². The van der Waals surface area contributed by atoms with Crippen molar-refractivity contribution in [2.24, 2.45) is 0 Å². The van der Waals surface area contributed by atoms with E-state index >= 15 is 0 Å². The molecule has 0 saturated heterocycles.